The molecule has 3 nitrogen and oxygen atoms in total. The van der Waals surface area contributed by atoms with Crippen LogP contribution in [0.15, 0.2) is 36.5 Å². The fourth-order valence-corrected chi connectivity index (χ4v) is 1.76. The predicted molar refractivity (Wildman–Crippen MR) is 74.2 cm³/mol. The van der Waals surface area contributed by atoms with E-state index in [-0.39, 0.29) is 0 Å². The molecule has 94 valence electrons. The van der Waals surface area contributed by atoms with Crippen molar-refractivity contribution in [3.63, 3.8) is 0 Å². The van der Waals surface area contributed by atoms with Gasteiger partial charge in [0.1, 0.15) is 0 Å². The minimum Gasteiger partial charge on any atom is -0.309 e. The van der Waals surface area contributed by atoms with Gasteiger partial charge in [0.15, 0.2) is 5.82 Å². The van der Waals surface area contributed by atoms with Crippen molar-refractivity contribution in [1.29, 1.82) is 0 Å². The van der Waals surface area contributed by atoms with Crippen LogP contribution in [0.4, 0.5) is 0 Å². The number of hydrogen-bond acceptors (Lipinski definition) is 3. The van der Waals surface area contributed by atoms with Crippen molar-refractivity contribution in [3.8, 4) is 11.4 Å². The number of rotatable bonds is 4. The Hall–Kier alpha value is -1.74. The normalized spacial score (nSPS) is 10.9. The molecule has 2 rings (SSSR count). The Kier molecular flexibility index (Phi) is 4.05. The summed E-state index contributed by atoms with van der Waals surface area (Å²) in [5.41, 5.74) is 3.33. The average Bonchev–Trinajstić information content (AvgIpc) is 2.37. The molecule has 1 N–H and O–H groups in total. The van der Waals surface area contributed by atoms with Gasteiger partial charge in [-0.05, 0) is 18.6 Å². The minimum absolute atomic E-state index is 0.460. The molecule has 18 heavy (non-hydrogen) atoms. The Morgan fingerprint density at radius 2 is 1.94 bits per heavy atom. The summed E-state index contributed by atoms with van der Waals surface area (Å²) in [6, 6.07) is 10.6. The van der Waals surface area contributed by atoms with E-state index in [1.54, 1.807) is 0 Å². The van der Waals surface area contributed by atoms with Crippen molar-refractivity contribution in [2.75, 3.05) is 0 Å². The topological polar surface area (TPSA) is 37.8 Å². The molecule has 0 aliphatic rings. The minimum atomic E-state index is 0.460. The van der Waals surface area contributed by atoms with Gasteiger partial charge in [0.25, 0.3) is 0 Å². The third kappa shape index (κ3) is 3.14. The lowest BCUT2D eigenvalue weighted by Crippen LogP contribution is -2.22. The molecule has 1 heterocycles. The van der Waals surface area contributed by atoms with Gasteiger partial charge in [0.05, 0.1) is 5.69 Å². The third-order valence-electron chi connectivity index (χ3n) is 2.79. The fourth-order valence-electron chi connectivity index (χ4n) is 1.76. The van der Waals surface area contributed by atoms with Gasteiger partial charge >= 0.3 is 0 Å². The van der Waals surface area contributed by atoms with Gasteiger partial charge < -0.3 is 5.32 Å². The van der Waals surface area contributed by atoms with Crippen LogP contribution >= 0.6 is 0 Å². The summed E-state index contributed by atoms with van der Waals surface area (Å²) in [7, 11) is 0. The number of aromatic nitrogens is 2. The summed E-state index contributed by atoms with van der Waals surface area (Å²) >= 11 is 0. The lowest BCUT2D eigenvalue weighted by molar-refractivity contribution is 0.581. The van der Waals surface area contributed by atoms with Crippen molar-refractivity contribution >= 4 is 0 Å². The molecule has 0 saturated heterocycles. The van der Waals surface area contributed by atoms with Crippen molar-refractivity contribution < 1.29 is 0 Å². The van der Waals surface area contributed by atoms with Crippen LogP contribution in [0.2, 0.25) is 0 Å². The third-order valence-corrected chi connectivity index (χ3v) is 2.79. The molecule has 0 unspecified atom stereocenters. The van der Waals surface area contributed by atoms with Crippen LogP contribution in [-0.4, -0.2) is 16.0 Å². The molecular weight excluding hydrogens is 222 g/mol. The second kappa shape index (κ2) is 5.74. The highest BCUT2D eigenvalue weighted by molar-refractivity contribution is 5.59. The van der Waals surface area contributed by atoms with Crippen molar-refractivity contribution in [2.24, 2.45) is 0 Å². The second-order valence-corrected chi connectivity index (χ2v) is 4.72. The maximum Gasteiger partial charge on any atom is 0.159 e. The van der Waals surface area contributed by atoms with Crippen LogP contribution in [0.3, 0.4) is 0 Å². The number of nitrogens with zero attached hydrogens (tertiary/aromatic N) is 2. The van der Waals surface area contributed by atoms with Gasteiger partial charge in [-0.25, -0.2) is 9.97 Å². The van der Waals surface area contributed by atoms with Crippen molar-refractivity contribution in [1.82, 2.24) is 15.3 Å². The zero-order valence-corrected chi connectivity index (χ0v) is 11.1. The van der Waals surface area contributed by atoms with E-state index in [0.29, 0.717) is 6.04 Å². The molecule has 3 heteroatoms. The Labute approximate surface area is 108 Å². The summed E-state index contributed by atoms with van der Waals surface area (Å²) < 4.78 is 0. The van der Waals surface area contributed by atoms with Crippen molar-refractivity contribution in [2.45, 2.75) is 33.4 Å². The molecule has 0 radical (unpaired) electrons. The average molecular weight is 241 g/mol. The van der Waals surface area contributed by atoms with E-state index >= 15 is 0 Å². The van der Waals surface area contributed by atoms with Gasteiger partial charge in [-0.2, -0.15) is 0 Å². The van der Waals surface area contributed by atoms with Gasteiger partial charge in [0, 0.05) is 24.3 Å². The molecule has 0 bridgehead atoms. The van der Waals surface area contributed by atoms with E-state index in [9.17, 15) is 0 Å². The fraction of sp³-hybridized carbons (Fsp3) is 0.333. The van der Waals surface area contributed by atoms with E-state index in [2.05, 4.69) is 48.2 Å². The zero-order valence-electron chi connectivity index (χ0n) is 11.1. The largest absolute Gasteiger partial charge is 0.309 e. The van der Waals surface area contributed by atoms with E-state index in [4.69, 9.17) is 0 Å². The SMILES string of the molecule is Cc1ccccc1-c1nccc(CNC(C)C)n1. The molecule has 1 aromatic heterocycles. The Morgan fingerprint density at radius 1 is 1.17 bits per heavy atom. The molecule has 0 aliphatic carbocycles. The zero-order chi connectivity index (χ0) is 13.0. The van der Waals surface area contributed by atoms with Gasteiger partial charge in [-0.3, -0.25) is 0 Å². The first-order chi connectivity index (χ1) is 8.66. The summed E-state index contributed by atoms with van der Waals surface area (Å²) in [6.45, 7) is 7.11. The van der Waals surface area contributed by atoms with Crippen LogP contribution < -0.4 is 5.32 Å². The van der Waals surface area contributed by atoms with Crippen LogP contribution in [-0.2, 0) is 6.54 Å². The van der Waals surface area contributed by atoms with Crippen LogP contribution in [0.1, 0.15) is 25.1 Å². The van der Waals surface area contributed by atoms with E-state index in [0.717, 1.165) is 23.6 Å². The molecule has 0 amide bonds. The Balaban J connectivity index is 2.25. The van der Waals surface area contributed by atoms with Gasteiger partial charge in [-0.1, -0.05) is 38.1 Å². The lowest BCUT2D eigenvalue weighted by atomic mass is 10.1. The first-order valence-corrected chi connectivity index (χ1v) is 6.28. The summed E-state index contributed by atoms with van der Waals surface area (Å²) in [6.07, 6.45) is 1.83. The Bertz CT molecular complexity index is 521. The first kappa shape index (κ1) is 12.7. The monoisotopic (exact) mass is 241 g/mol. The highest BCUT2D eigenvalue weighted by atomic mass is 14.9. The second-order valence-electron chi connectivity index (χ2n) is 4.72. The smallest absolute Gasteiger partial charge is 0.159 e. The number of aryl methyl sites for hydroxylation is 1. The maximum absolute atomic E-state index is 4.60. The summed E-state index contributed by atoms with van der Waals surface area (Å²) in [5, 5.41) is 3.36. The summed E-state index contributed by atoms with van der Waals surface area (Å²) in [4.78, 5) is 8.96. The number of benzene rings is 1. The van der Waals surface area contributed by atoms with Gasteiger partial charge in [-0.15, -0.1) is 0 Å². The highest BCUT2D eigenvalue weighted by Crippen LogP contribution is 2.18. The van der Waals surface area contributed by atoms with Crippen molar-refractivity contribution in [3.05, 3.63) is 47.8 Å². The van der Waals surface area contributed by atoms with E-state index < -0.39 is 0 Å². The maximum atomic E-state index is 4.60. The summed E-state index contributed by atoms with van der Waals surface area (Å²) in [5.74, 6) is 0.802. The van der Waals surface area contributed by atoms with Crippen LogP contribution in [0.5, 0.6) is 0 Å². The molecule has 0 spiro atoms. The lowest BCUT2D eigenvalue weighted by Gasteiger charge is -2.09. The molecule has 0 fully saturated rings. The molecule has 0 atom stereocenters. The van der Waals surface area contributed by atoms with Crippen LogP contribution in [0.25, 0.3) is 11.4 Å². The van der Waals surface area contributed by atoms with E-state index in [1.807, 2.05) is 24.4 Å². The standard InChI is InChI=1S/C15H19N3/c1-11(2)17-10-13-8-9-16-15(18-13)14-7-5-4-6-12(14)3/h4-9,11,17H,10H2,1-3H3. The number of hydrogen-bond donors (Lipinski definition) is 1. The van der Waals surface area contributed by atoms with Crippen LogP contribution in [0, 0.1) is 6.92 Å². The van der Waals surface area contributed by atoms with E-state index in [1.165, 1.54) is 5.56 Å². The first-order valence-electron chi connectivity index (χ1n) is 6.28. The molecular formula is C15H19N3. The van der Waals surface area contributed by atoms with Gasteiger partial charge in [0.2, 0.25) is 0 Å². The molecule has 2 aromatic rings. The predicted octanol–water partition coefficient (Wildman–Crippen LogP) is 2.95. The molecule has 0 saturated carbocycles. The molecule has 0 aliphatic heterocycles. The molecule has 1 aromatic carbocycles. The number of nitrogens with one attached hydrogen (secondary N) is 1. The highest BCUT2D eigenvalue weighted by Gasteiger charge is 2.05. The quantitative estimate of drug-likeness (QED) is 0.894. The Morgan fingerprint density at radius 3 is 2.67 bits per heavy atom.